The Morgan fingerprint density at radius 1 is 1.38 bits per heavy atom. The molecule has 0 radical (unpaired) electrons. The highest BCUT2D eigenvalue weighted by atomic mass is 16.5. The zero-order valence-corrected chi connectivity index (χ0v) is 12.7. The predicted molar refractivity (Wildman–Crippen MR) is 81.3 cm³/mol. The third-order valence-electron chi connectivity index (χ3n) is 3.38. The highest BCUT2D eigenvalue weighted by Crippen LogP contribution is 2.20. The Balaban J connectivity index is 1.73. The van der Waals surface area contributed by atoms with Gasteiger partial charge in [0.2, 0.25) is 0 Å². The number of carbonyl (C=O) groups is 1. The molecular weight excluding hydrogens is 266 g/mol. The molecule has 1 N–H and O–H groups in total. The van der Waals surface area contributed by atoms with Crippen LogP contribution in [-0.2, 0) is 18.3 Å². The number of amides is 1. The van der Waals surface area contributed by atoms with Crippen molar-refractivity contribution in [3.05, 3.63) is 47.5 Å². The fourth-order valence-corrected chi connectivity index (χ4v) is 2.00. The minimum absolute atomic E-state index is 0.0342. The van der Waals surface area contributed by atoms with Crippen LogP contribution >= 0.6 is 0 Å². The summed E-state index contributed by atoms with van der Waals surface area (Å²) < 4.78 is 7.44. The van der Waals surface area contributed by atoms with E-state index >= 15 is 0 Å². The fraction of sp³-hybridized carbons (Fsp3) is 0.375. The number of hydrogen-bond acceptors (Lipinski definition) is 3. The SMILES string of the molecule is Cc1cccc(OCC(=O)NCCc2cn(C)cn2)c1C. The Kier molecular flexibility index (Phi) is 4.98. The number of imidazole rings is 1. The molecule has 1 aromatic carbocycles. The first-order valence-electron chi connectivity index (χ1n) is 6.99. The molecule has 0 bridgehead atoms. The highest BCUT2D eigenvalue weighted by Gasteiger charge is 2.06. The molecule has 5 nitrogen and oxygen atoms in total. The smallest absolute Gasteiger partial charge is 0.257 e. The van der Waals surface area contributed by atoms with Gasteiger partial charge in [-0.05, 0) is 31.0 Å². The number of aryl methyl sites for hydroxylation is 2. The van der Waals surface area contributed by atoms with Gasteiger partial charge in [-0.15, -0.1) is 0 Å². The normalized spacial score (nSPS) is 10.4. The Morgan fingerprint density at radius 3 is 2.90 bits per heavy atom. The lowest BCUT2D eigenvalue weighted by Crippen LogP contribution is -2.30. The number of carbonyl (C=O) groups excluding carboxylic acids is 1. The molecule has 1 heterocycles. The Morgan fingerprint density at radius 2 is 2.19 bits per heavy atom. The second-order valence-electron chi connectivity index (χ2n) is 5.12. The van der Waals surface area contributed by atoms with Crippen molar-refractivity contribution in [2.75, 3.05) is 13.2 Å². The quantitative estimate of drug-likeness (QED) is 0.881. The van der Waals surface area contributed by atoms with Crippen molar-refractivity contribution in [3.63, 3.8) is 0 Å². The van der Waals surface area contributed by atoms with Gasteiger partial charge in [-0.3, -0.25) is 4.79 Å². The van der Waals surface area contributed by atoms with E-state index in [2.05, 4.69) is 10.3 Å². The fourth-order valence-electron chi connectivity index (χ4n) is 2.00. The number of nitrogens with one attached hydrogen (secondary N) is 1. The van der Waals surface area contributed by atoms with Gasteiger partial charge in [0, 0.05) is 26.2 Å². The maximum absolute atomic E-state index is 11.7. The zero-order valence-electron chi connectivity index (χ0n) is 12.7. The molecular formula is C16H21N3O2. The monoisotopic (exact) mass is 287 g/mol. The van der Waals surface area contributed by atoms with Crippen molar-refractivity contribution in [2.24, 2.45) is 7.05 Å². The average molecular weight is 287 g/mol. The lowest BCUT2D eigenvalue weighted by atomic mass is 10.1. The molecule has 1 aromatic heterocycles. The molecule has 0 spiro atoms. The summed E-state index contributed by atoms with van der Waals surface area (Å²) >= 11 is 0. The first-order chi connectivity index (χ1) is 10.1. The lowest BCUT2D eigenvalue weighted by molar-refractivity contribution is -0.123. The molecule has 0 fully saturated rings. The number of rotatable bonds is 6. The minimum atomic E-state index is -0.119. The van der Waals surface area contributed by atoms with Crippen molar-refractivity contribution in [1.82, 2.24) is 14.9 Å². The average Bonchev–Trinajstić information content (AvgIpc) is 2.86. The molecule has 0 aliphatic carbocycles. The first-order valence-corrected chi connectivity index (χ1v) is 6.99. The Hall–Kier alpha value is -2.30. The highest BCUT2D eigenvalue weighted by molar-refractivity contribution is 5.77. The topological polar surface area (TPSA) is 56.1 Å². The molecule has 0 atom stereocenters. The second kappa shape index (κ2) is 6.92. The van der Waals surface area contributed by atoms with E-state index in [0.29, 0.717) is 6.54 Å². The van der Waals surface area contributed by atoms with Crippen LogP contribution in [0, 0.1) is 13.8 Å². The van der Waals surface area contributed by atoms with Crippen molar-refractivity contribution < 1.29 is 9.53 Å². The molecule has 21 heavy (non-hydrogen) atoms. The van der Waals surface area contributed by atoms with Crippen molar-refractivity contribution in [3.8, 4) is 5.75 Å². The van der Waals surface area contributed by atoms with Gasteiger partial charge in [-0.25, -0.2) is 4.98 Å². The van der Waals surface area contributed by atoms with Crippen LogP contribution in [0.25, 0.3) is 0 Å². The summed E-state index contributed by atoms with van der Waals surface area (Å²) in [6, 6.07) is 5.83. The third kappa shape index (κ3) is 4.34. The summed E-state index contributed by atoms with van der Waals surface area (Å²) in [7, 11) is 1.92. The van der Waals surface area contributed by atoms with E-state index in [1.807, 2.05) is 49.9 Å². The van der Waals surface area contributed by atoms with E-state index in [4.69, 9.17) is 4.74 Å². The summed E-state index contributed by atoms with van der Waals surface area (Å²) in [6.07, 6.45) is 4.41. The number of hydrogen-bond donors (Lipinski definition) is 1. The minimum Gasteiger partial charge on any atom is -0.483 e. The summed E-state index contributed by atoms with van der Waals surface area (Å²) in [4.78, 5) is 16.0. The number of nitrogens with zero attached hydrogens (tertiary/aromatic N) is 2. The van der Waals surface area contributed by atoms with Crippen LogP contribution in [0.3, 0.4) is 0 Å². The molecule has 2 aromatic rings. The molecule has 1 amide bonds. The molecule has 0 saturated heterocycles. The summed E-state index contributed by atoms with van der Waals surface area (Å²) in [6.45, 7) is 4.61. The van der Waals surface area contributed by atoms with Gasteiger partial charge < -0.3 is 14.6 Å². The second-order valence-corrected chi connectivity index (χ2v) is 5.12. The summed E-state index contributed by atoms with van der Waals surface area (Å²) in [5.74, 6) is 0.640. The Labute approximate surface area is 125 Å². The maximum atomic E-state index is 11.7. The van der Waals surface area contributed by atoms with Crippen LogP contribution in [0.15, 0.2) is 30.7 Å². The van der Waals surface area contributed by atoms with Crippen LogP contribution in [0.2, 0.25) is 0 Å². The van der Waals surface area contributed by atoms with Gasteiger partial charge in [0.15, 0.2) is 6.61 Å². The molecule has 5 heteroatoms. The van der Waals surface area contributed by atoms with Gasteiger partial charge >= 0.3 is 0 Å². The van der Waals surface area contributed by atoms with Crippen molar-refractivity contribution in [2.45, 2.75) is 20.3 Å². The molecule has 0 aliphatic heterocycles. The molecule has 0 unspecified atom stereocenters. The Bertz CT molecular complexity index is 620. The van der Waals surface area contributed by atoms with Gasteiger partial charge in [-0.1, -0.05) is 12.1 Å². The van der Waals surface area contributed by atoms with E-state index in [1.165, 1.54) is 0 Å². The largest absolute Gasteiger partial charge is 0.483 e. The van der Waals surface area contributed by atoms with Gasteiger partial charge in [-0.2, -0.15) is 0 Å². The van der Waals surface area contributed by atoms with Gasteiger partial charge in [0.1, 0.15) is 5.75 Å². The van der Waals surface area contributed by atoms with Crippen LogP contribution in [0.4, 0.5) is 0 Å². The van der Waals surface area contributed by atoms with Crippen LogP contribution in [0.1, 0.15) is 16.8 Å². The number of benzene rings is 1. The lowest BCUT2D eigenvalue weighted by Gasteiger charge is -2.10. The van der Waals surface area contributed by atoms with Crippen molar-refractivity contribution in [1.29, 1.82) is 0 Å². The number of ether oxygens (including phenoxy) is 1. The van der Waals surface area contributed by atoms with E-state index in [1.54, 1.807) is 6.33 Å². The summed E-state index contributed by atoms with van der Waals surface area (Å²) in [5.41, 5.74) is 3.19. The molecule has 2 rings (SSSR count). The van der Waals surface area contributed by atoms with Gasteiger partial charge in [0.05, 0.1) is 12.0 Å². The molecule has 0 aliphatic rings. The van der Waals surface area contributed by atoms with Crippen LogP contribution in [-0.4, -0.2) is 28.6 Å². The van der Waals surface area contributed by atoms with Crippen molar-refractivity contribution >= 4 is 5.91 Å². The number of aromatic nitrogens is 2. The van der Waals surface area contributed by atoms with Crippen LogP contribution < -0.4 is 10.1 Å². The molecule has 112 valence electrons. The van der Waals surface area contributed by atoms with Crippen LogP contribution in [0.5, 0.6) is 5.75 Å². The van der Waals surface area contributed by atoms with E-state index in [-0.39, 0.29) is 12.5 Å². The third-order valence-corrected chi connectivity index (χ3v) is 3.38. The molecule has 0 saturated carbocycles. The van der Waals surface area contributed by atoms with E-state index in [9.17, 15) is 4.79 Å². The van der Waals surface area contributed by atoms with E-state index < -0.39 is 0 Å². The maximum Gasteiger partial charge on any atom is 0.257 e. The first kappa shape index (κ1) is 15.1. The summed E-state index contributed by atoms with van der Waals surface area (Å²) in [5, 5.41) is 2.83. The predicted octanol–water partition coefficient (Wildman–Crippen LogP) is 1.77. The standard InChI is InChI=1S/C16H21N3O2/c1-12-5-4-6-15(13(12)2)21-10-16(20)17-8-7-14-9-19(3)11-18-14/h4-6,9,11H,7-8,10H2,1-3H3,(H,17,20). The zero-order chi connectivity index (χ0) is 15.2. The van der Waals surface area contributed by atoms with E-state index in [0.717, 1.165) is 29.0 Å². The van der Waals surface area contributed by atoms with Gasteiger partial charge in [0.25, 0.3) is 5.91 Å².